The maximum atomic E-state index is 13.4. The van der Waals surface area contributed by atoms with Gasteiger partial charge in [-0.3, -0.25) is 9.10 Å². The second-order valence-electron chi connectivity index (χ2n) is 7.38. The van der Waals surface area contributed by atoms with Gasteiger partial charge in [-0.15, -0.1) is 0 Å². The van der Waals surface area contributed by atoms with Crippen molar-refractivity contribution in [2.45, 2.75) is 17.9 Å². The van der Waals surface area contributed by atoms with Crippen molar-refractivity contribution in [2.75, 3.05) is 23.3 Å². The zero-order chi connectivity index (χ0) is 23.6. The predicted molar refractivity (Wildman–Crippen MR) is 123 cm³/mol. The number of amides is 1. The number of nitrogens with one attached hydrogen (secondary N) is 1. The number of ether oxygens (including phenoxy) is 2. The monoisotopic (exact) mass is 466 g/mol. The van der Waals surface area contributed by atoms with E-state index in [0.29, 0.717) is 22.5 Å². The number of carbonyl (C=O) groups excluding carboxylic acids is 2. The average Bonchev–Trinajstić information content (AvgIpc) is 2.84. The highest BCUT2D eigenvalue weighted by molar-refractivity contribution is 7.92. The third-order valence-corrected chi connectivity index (χ3v) is 7.15. The molecule has 3 aromatic rings. The second-order valence-corrected chi connectivity index (χ2v) is 9.24. The first-order chi connectivity index (χ1) is 15.8. The molecule has 9 heteroatoms. The van der Waals surface area contributed by atoms with E-state index in [2.05, 4.69) is 5.32 Å². The van der Waals surface area contributed by atoms with Gasteiger partial charge in [-0.2, -0.15) is 0 Å². The minimum Gasteiger partial charge on any atom is -0.476 e. The van der Waals surface area contributed by atoms with E-state index < -0.39 is 28.0 Å². The molecule has 0 aromatic heterocycles. The largest absolute Gasteiger partial charge is 0.476 e. The second kappa shape index (κ2) is 8.95. The molecular formula is C24H22N2O6S. The molecule has 3 aromatic carbocycles. The summed E-state index contributed by atoms with van der Waals surface area (Å²) >= 11 is 0. The number of esters is 1. The zero-order valence-electron chi connectivity index (χ0n) is 18.0. The molecule has 1 aliphatic rings. The fraction of sp³-hybridized carbons (Fsp3) is 0.167. The summed E-state index contributed by atoms with van der Waals surface area (Å²) in [5, 5.41) is 2.75. The Kier molecular flexibility index (Phi) is 6.06. The Morgan fingerprint density at radius 1 is 1.00 bits per heavy atom. The van der Waals surface area contributed by atoms with E-state index in [1.807, 2.05) is 0 Å². The lowest BCUT2D eigenvalue weighted by Gasteiger charge is -2.34. The number of sulfonamides is 1. The van der Waals surface area contributed by atoms with Crippen molar-refractivity contribution >= 4 is 33.3 Å². The van der Waals surface area contributed by atoms with Crippen molar-refractivity contribution in [3.8, 4) is 5.75 Å². The summed E-state index contributed by atoms with van der Waals surface area (Å²) < 4.78 is 38.6. The standard InChI is InChI=1S/C24H22N2O6S/c1-16-18(24(28)31-2)11-8-12-19(16)25-23(27)22-15-26(20-13-6-7-14-21(20)32-22)33(29,30)17-9-4-3-5-10-17/h3-14,22H,15H2,1-2H3,(H,25,27)/t22-/m0/s1. The van der Waals surface area contributed by atoms with Gasteiger partial charge in [0.1, 0.15) is 5.75 Å². The average molecular weight is 467 g/mol. The summed E-state index contributed by atoms with van der Waals surface area (Å²) in [6, 6.07) is 19.5. The third kappa shape index (κ3) is 4.27. The van der Waals surface area contributed by atoms with E-state index in [1.54, 1.807) is 67.6 Å². The number of benzene rings is 3. The molecule has 0 saturated heterocycles. The van der Waals surface area contributed by atoms with Gasteiger partial charge in [-0.25, -0.2) is 13.2 Å². The van der Waals surface area contributed by atoms with E-state index in [-0.39, 0.29) is 17.2 Å². The number of anilines is 2. The highest BCUT2D eigenvalue weighted by Gasteiger charge is 2.37. The molecule has 1 N–H and O–H groups in total. The van der Waals surface area contributed by atoms with Crippen LogP contribution in [0.25, 0.3) is 0 Å². The van der Waals surface area contributed by atoms with E-state index in [0.717, 1.165) is 0 Å². The number of nitrogens with zero attached hydrogens (tertiary/aromatic N) is 1. The molecule has 1 aliphatic heterocycles. The lowest BCUT2D eigenvalue weighted by molar-refractivity contribution is -0.122. The Balaban J connectivity index is 1.65. The van der Waals surface area contributed by atoms with Crippen molar-refractivity contribution in [3.63, 3.8) is 0 Å². The first-order valence-electron chi connectivity index (χ1n) is 10.1. The van der Waals surface area contributed by atoms with Gasteiger partial charge in [0.2, 0.25) is 0 Å². The van der Waals surface area contributed by atoms with Crippen LogP contribution in [0.1, 0.15) is 15.9 Å². The number of fused-ring (bicyclic) bond motifs is 1. The summed E-state index contributed by atoms with van der Waals surface area (Å²) in [4.78, 5) is 25.2. The molecule has 33 heavy (non-hydrogen) atoms. The Bertz CT molecular complexity index is 1310. The molecule has 1 heterocycles. The lowest BCUT2D eigenvalue weighted by Crippen LogP contribution is -2.48. The molecule has 0 saturated carbocycles. The molecule has 0 fully saturated rings. The molecule has 1 atom stereocenters. The van der Waals surface area contributed by atoms with Crippen LogP contribution in [0, 0.1) is 6.92 Å². The van der Waals surface area contributed by atoms with Gasteiger partial charge in [0, 0.05) is 5.69 Å². The van der Waals surface area contributed by atoms with Crippen LogP contribution in [-0.2, 0) is 19.6 Å². The summed E-state index contributed by atoms with van der Waals surface area (Å²) in [5.74, 6) is -0.780. The Morgan fingerprint density at radius 2 is 1.70 bits per heavy atom. The van der Waals surface area contributed by atoms with Crippen LogP contribution in [0.3, 0.4) is 0 Å². The van der Waals surface area contributed by atoms with Crippen LogP contribution in [0.4, 0.5) is 11.4 Å². The molecule has 170 valence electrons. The molecular weight excluding hydrogens is 444 g/mol. The van der Waals surface area contributed by atoms with Gasteiger partial charge in [-0.1, -0.05) is 36.4 Å². The van der Waals surface area contributed by atoms with Gasteiger partial charge in [0.25, 0.3) is 15.9 Å². The summed E-state index contributed by atoms with van der Waals surface area (Å²) in [6.07, 6.45) is -1.11. The van der Waals surface area contributed by atoms with Crippen molar-refractivity contribution in [3.05, 3.63) is 83.9 Å². The first-order valence-corrected chi connectivity index (χ1v) is 11.6. The lowest BCUT2D eigenvalue weighted by atomic mass is 10.1. The van der Waals surface area contributed by atoms with Crippen molar-refractivity contribution < 1.29 is 27.5 Å². The minimum atomic E-state index is -3.93. The highest BCUT2D eigenvalue weighted by atomic mass is 32.2. The van der Waals surface area contributed by atoms with Crippen LogP contribution < -0.4 is 14.4 Å². The van der Waals surface area contributed by atoms with Crippen LogP contribution >= 0.6 is 0 Å². The predicted octanol–water partition coefficient (Wildman–Crippen LogP) is 3.38. The molecule has 0 bridgehead atoms. The van der Waals surface area contributed by atoms with E-state index in [9.17, 15) is 18.0 Å². The number of para-hydroxylation sites is 2. The molecule has 0 unspecified atom stereocenters. The number of carbonyl (C=O) groups is 2. The molecule has 0 radical (unpaired) electrons. The number of methoxy groups -OCH3 is 1. The van der Waals surface area contributed by atoms with Gasteiger partial charge in [0.15, 0.2) is 6.10 Å². The maximum absolute atomic E-state index is 13.4. The Hall–Kier alpha value is -3.85. The maximum Gasteiger partial charge on any atom is 0.338 e. The smallest absolute Gasteiger partial charge is 0.338 e. The molecule has 0 aliphatic carbocycles. The fourth-order valence-electron chi connectivity index (χ4n) is 3.60. The fourth-order valence-corrected chi connectivity index (χ4v) is 5.10. The van der Waals surface area contributed by atoms with Crippen LogP contribution in [-0.4, -0.2) is 40.1 Å². The topological polar surface area (TPSA) is 102 Å². The van der Waals surface area contributed by atoms with Crippen molar-refractivity contribution in [1.29, 1.82) is 0 Å². The van der Waals surface area contributed by atoms with Crippen molar-refractivity contribution in [2.24, 2.45) is 0 Å². The van der Waals surface area contributed by atoms with E-state index >= 15 is 0 Å². The summed E-state index contributed by atoms with van der Waals surface area (Å²) in [5.41, 5.74) is 1.61. The van der Waals surface area contributed by atoms with Gasteiger partial charge in [-0.05, 0) is 48.9 Å². The number of hydrogen-bond acceptors (Lipinski definition) is 6. The van der Waals surface area contributed by atoms with E-state index in [1.165, 1.54) is 23.5 Å². The van der Waals surface area contributed by atoms with Gasteiger partial charge < -0.3 is 14.8 Å². The Morgan fingerprint density at radius 3 is 2.42 bits per heavy atom. The number of hydrogen-bond donors (Lipinski definition) is 1. The zero-order valence-corrected chi connectivity index (χ0v) is 18.8. The van der Waals surface area contributed by atoms with Crippen LogP contribution in [0.2, 0.25) is 0 Å². The summed E-state index contributed by atoms with van der Waals surface area (Å²) in [7, 11) is -2.65. The highest BCUT2D eigenvalue weighted by Crippen LogP contribution is 2.37. The molecule has 8 nitrogen and oxygen atoms in total. The summed E-state index contributed by atoms with van der Waals surface area (Å²) in [6.45, 7) is 1.47. The quantitative estimate of drug-likeness (QED) is 0.579. The SMILES string of the molecule is COC(=O)c1cccc(NC(=O)[C@@H]2CN(S(=O)(=O)c3ccccc3)c3ccccc3O2)c1C. The molecule has 1 amide bonds. The van der Waals surface area contributed by atoms with Gasteiger partial charge in [0.05, 0.1) is 29.8 Å². The first kappa shape index (κ1) is 22.3. The van der Waals surface area contributed by atoms with Crippen molar-refractivity contribution in [1.82, 2.24) is 0 Å². The Labute approximate surface area is 191 Å². The number of rotatable bonds is 5. The van der Waals surface area contributed by atoms with Gasteiger partial charge >= 0.3 is 5.97 Å². The van der Waals surface area contributed by atoms with Crippen LogP contribution in [0.15, 0.2) is 77.7 Å². The normalized spacial score (nSPS) is 15.2. The van der Waals surface area contributed by atoms with E-state index in [4.69, 9.17) is 9.47 Å². The molecule has 0 spiro atoms. The third-order valence-electron chi connectivity index (χ3n) is 5.36. The van der Waals surface area contributed by atoms with Crippen LogP contribution in [0.5, 0.6) is 5.75 Å². The molecule has 4 rings (SSSR count). The minimum absolute atomic E-state index is 0.113.